The van der Waals surface area contributed by atoms with Gasteiger partial charge in [-0.3, -0.25) is 4.21 Å². The van der Waals surface area contributed by atoms with Gasteiger partial charge in [0, 0.05) is 28.3 Å². The molecule has 0 bridgehead atoms. The van der Waals surface area contributed by atoms with Crippen LogP contribution in [0.15, 0.2) is 24.3 Å². The molecule has 1 aliphatic rings. The van der Waals surface area contributed by atoms with Gasteiger partial charge in [-0.15, -0.1) is 0 Å². The lowest BCUT2D eigenvalue weighted by molar-refractivity contribution is 0.479. The van der Waals surface area contributed by atoms with Crippen molar-refractivity contribution >= 4 is 10.8 Å². The highest BCUT2D eigenvalue weighted by Crippen LogP contribution is 2.09. The van der Waals surface area contributed by atoms with Crippen molar-refractivity contribution in [3.63, 3.8) is 0 Å². The molecule has 1 aromatic carbocycles. The first-order valence-electron chi connectivity index (χ1n) is 6.07. The SMILES string of the molecule is O=S1CCC(NCCc2ccc(F)cc2)CC1. The van der Waals surface area contributed by atoms with Crippen LogP contribution in [0.5, 0.6) is 0 Å². The largest absolute Gasteiger partial charge is 0.314 e. The van der Waals surface area contributed by atoms with Crippen LogP contribution in [0, 0.1) is 5.82 Å². The fourth-order valence-corrected chi connectivity index (χ4v) is 3.37. The van der Waals surface area contributed by atoms with Crippen molar-refractivity contribution in [2.75, 3.05) is 18.1 Å². The van der Waals surface area contributed by atoms with E-state index in [1.165, 1.54) is 12.1 Å². The summed E-state index contributed by atoms with van der Waals surface area (Å²) in [4.78, 5) is 0. The van der Waals surface area contributed by atoms with Crippen LogP contribution in [-0.4, -0.2) is 28.3 Å². The monoisotopic (exact) mass is 255 g/mol. The summed E-state index contributed by atoms with van der Waals surface area (Å²) in [5.74, 6) is 1.47. The Labute approximate surface area is 104 Å². The fourth-order valence-electron chi connectivity index (χ4n) is 2.07. The molecule has 0 unspecified atom stereocenters. The minimum atomic E-state index is -0.587. The van der Waals surface area contributed by atoms with Crippen LogP contribution in [0.3, 0.4) is 0 Å². The Morgan fingerprint density at radius 1 is 1.24 bits per heavy atom. The summed E-state index contributed by atoms with van der Waals surface area (Å²) < 4.78 is 23.9. The third kappa shape index (κ3) is 4.21. The molecular weight excluding hydrogens is 237 g/mol. The van der Waals surface area contributed by atoms with Gasteiger partial charge in [0.15, 0.2) is 0 Å². The molecule has 0 aromatic heterocycles. The van der Waals surface area contributed by atoms with E-state index in [0.29, 0.717) is 6.04 Å². The van der Waals surface area contributed by atoms with Crippen LogP contribution in [0.4, 0.5) is 4.39 Å². The average molecular weight is 255 g/mol. The molecule has 0 aliphatic carbocycles. The van der Waals surface area contributed by atoms with E-state index in [-0.39, 0.29) is 5.82 Å². The third-order valence-electron chi connectivity index (χ3n) is 3.15. The van der Waals surface area contributed by atoms with Crippen LogP contribution in [0.1, 0.15) is 18.4 Å². The summed E-state index contributed by atoms with van der Waals surface area (Å²) >= 11 is 0. The Morgan fingerprint density at radius 3 is 2.53 bits per heavy atom. The van der Waals surface area contributed by atoms with Gasteiger partial charge in [-0.25, -0.2) is 4.39 Å². The molecule has 1 heterocycles. The third-order valence-corrected chi connectivity index (χ3v) is 4.53. The van der Waals surface area contributed by atoms with Crippen molar-refractivity contribution in [2.24, 2.45) is 0 Å². The van der Waals surface area contributed by atoms with Gasteiger partial charge in [-0.1, -0.05) is 12.1 Å². The summed E-state index contributed by atoms with van der Waals surface area (Å²) in [6, 6.07) is 7.16. The molecule has 17 heavy (non-hydrogen) atoms. The van der Waals surface area contributed by atoms with E-state index < -0.39 is 10.8 Å². The molecule has 1 aliphatic heterocycles. The number of nitrogens with one attached hydrogen (secondary N) is 1. The minimum absolute atomic E-state index is 0.184. The van der Waals surface area contributed by atoms with E-state index >= 15 is 0 Å². The Hall–Kier alpha value is -0.740. The quantitative estimate of drug-likeness (QED) is 0.890. The van der Waals surface area contributed by atoms with Crippen LogP contribution in [0.2, 0.25) is 0 Å². The van der Waals surface area contributed by atoms with Crippen LogP contribution in [0.25, 0.3) is 0 Å². The Balaban J connectivity index is 1.69. The smallest absolute Gasteiger partial charge is 0.123 e. The normalized spacial score (nSPS) is 24.8. The first kappa shape index (κ1) is 12.7. The second-order valence-corrected chi connectivity index (χ2v) is 6.15. The Kier molecular flexibility index (Phi) is 4.68. The molecule has 94 valence electrons. The highest BCUT2D eigenvalue weighted by molar-refractivity contribution is 7.85. The number of benzene rings is 1. The zero-order valence-electron chi connectivity index (χ0n) is 9.82. The summed E-state index contributed by atoms with van der Waals surface area (Å²) in [5, 5.41) is 3.48. The topological polar surface area (TPSA) is 29.1 Å². The highest BCUT2D eigenvalue weighted by atomic mass is 32.2. The van der Waals surface area contributed by atoms with Gasteiger partial charge in [0.1, 0.15) is 5.82 Å². The van der Waals surface area contributed by atoms with Gasteiger partial charge in [-0.05, 0) is 43.5 Å². The zero-order chi connectivity index (χ0) is 12.1. The fraction of sp³-hybridized carbons (Fsp3) is 0.538. The Bertz CT molecular complexity index is 370. The van der Waals surface area contributed by atoms with Gasteiger partial charge in [0.05, 0.1) is 0 Å². The van der Waals surface area contributed by atoms with E-state index in [1.807, 2.05) is 12.1 Å². The van der Waals surface area contributed by atoms with Crippen LogP contribution >= 0.6 is 0 Å². The highest BCUT2D eigenvalue weighted by Gasteiger charge is 2.16. The average Bonchev–Trinajstić information content (AvgIpc) is 2.34. The summed E-state index contributed by atoms with van der Waals surface area (Å²) in [6.45, 7) is 0.906. The van der Waals surface area contributed by atoms with Gasteiger partial charge in [0.25, 0.3) is 0 Å². The maximum absolute atomic E-state index is 12.7. The van der Waals surface area contributed by atoms with Crippen LogP contribution < -0.4 is 5.32 Å². The van der Waals surface area contributed by atoms with Crippen molar-refractivity contribution in [1.82, 2.24) is 5.32 Å². The van der Waals surface area contributed by atoms with Crippen LogP contribution in [-0.2, 0) is 17.2 Å². The predicted octanol–water partition coefficient (Wildman–Crippen LogP) is 1.87. The standard InChI is InChI=1S/C13H18FNOS/c14-12-3-1-11(2-4-12)5-8-15-13-6-9-17(16)10-7-13/h1-4,13,15H,5-10H2. The van der Waals surface area contributed by atoms with Gasteiger partial charge < -0.3 is 5.32 Å². The van der Waals surface area contributed by atoms with Gasteiger partial charge in [0.2, 0.25) is 0 Å². The molecule has 0 radical (unpaired) electrons. The van der Waals surface area contributed by atoms with E-state index in [9.17, 15) is 8.60 Å². The van der Waals surface area contributed by atoms with E-state index in [2.05, 4.69) is 5.32 Å². The molecule has 2 nitrogen and oxygen atoms in total. The zero-order valence-corrected chi connectivity index (χ0v) is 10.6. The van der Waals surface area contributed by atoms with Gasteiger partial charge in [-0.2, -0.15) is 0 Å². The van der Waals surface area contributed by atoms with Crippen molar-refractivity contribution in [2.45, 2.75) is 25.3 Å². The van der Waals surface area contributed by atoms with Crippen molar-refractivity contribution < 1.29 is 8.60 Å². The minimum Gasteiger partial charge on any atom is -0.314 e. The molecule has 0 spiro atoms. The predicted molar refractivity (Wildman–Crippen MR) is 69.0 cm³/mol. The maximum atomic E-state index is 12.7. The first-order valence-corrected chi connectivity index (χ1v) is 7.55. The molecular formula is C13H18FNOS. The molecule has 1 N–H and O–H groups in total. The lowest BCUT2D eigenvalue weighted by Crippen LogP contribution is -2.36. The van der Waals surface area contributed by atoms with Crippen molar-refractivity contribution in [3.05, 3.63) is 35.6 Å². The Morgan fingerprint density at radius 2 is 1.88 bits per heavy atom. The molecule has 0 atom stereocenters. The molecule has 4 heteroatoms. The number of halogens is 1. The van der Waals surface area contributed by atoms with E-state index in [0.717, 1.165) is 42.9 Å². The molecule has 1 fully saturated rings. The molecule has 0 saturated carbocycles. The van der Waals surface area contributed by atoms with Crippen molar-refractivity contribution in [3.8, 4) is 0 Å². The van der Waals surface area contributed by atoms with E-state index in [1.54, 1.807) is 0 Å². The lowest BCUT2D eigenvalue weighted by Gasteiger charge is -2.22. The second kappa shape index (κ2) is 6.26. The summed E-state index contributed by atoms with van der Waals surface area (Å²) in [5.41, 5.74) is 1.15. The maximum Gasteiger partial charge on any atom is 0.123 e. The lowest BCUT2D eigenvalue weighted by atomic mass is 10.1. The summed E-state index contributed by atoms with van der Waals surface area (Å²) in [6.07, 6.45) is 2.94. The molecule has 1 saturated heterocycles. The molecule has 0 amide bonds. The second-order valence-electron chi connectivity index (χ2n) is 4.45. The number of hydrogen-bond donors (Lipinski definition) is 1. The first-order chi connectivity index (χ1) is 8.24. The summed E-state index contributed by atoms with van der Waals surface area (Å²) in [7, 11) is -0.587. The van der Waals surface area contributed by atoms with Gasteiger partial charge >= 0.3 is 0 Å². The molecule has 2 rings (SSSR count). The van der Waals surface area contributed by atoms with Crippen molar-refractivity contribution in [1.29, 1.82) is 0 Å². The number of hydrogen-bond acceptors (Lipinski definition) is 2. The van der Waals surface area contributed by atoms with E-state index in [4.69, 9.17) is 0 Å². The molecule has 1 aromatic rings. The number of rotatable bonds is 4.